The summed E-state index contributed by atoms with van der Waals surface area (Å²) in [7, 11) is 1.63. The summed E-state index contributed by atoms with van der Waals surface area (Å²) in [5.41, 5.74) is 4.22. The van der Waals surface area contributed by atoms with E-state index in [0.29, 0.717) is 30.2 Å². The highest BCUT2D eigenvalue weighted by Gasteiger charge is 2.30. The molecule has 0 atom stereocenters. The highest BCUT2D eigenvalue weighted by molar-refractivity contribution is 7.99. The molecule has 170 valence electrons. The number of nitrogens with zero attached hydrogens (tertiary/aromatic N) is 3. The first-order valence-corrected chi connectivity index (χ1v) is 12.4. The Bertz CT molecular complexity index is 1130. The Balaban J connectivity index is 1.30. The molecule has 0 N–H and O–H groups in total. The zero-order valence-electron chi connectivity index (χ0n) is 18.7. The Labute approximate surface area is 198 Å². The standard InChI is InChI=1S/C26H27N3O3S/c1-31-25-15-21(7-8-24(25)32-12-9-28-10-13-33-14-11-28)29-18-20-17-27-23(16-22(20)26(29)30)19-5-3-2-4-6-19/h2-8,15-17H,9-14,18H2,1H3. The Hall–Kier alpha value is -3.03. The lowest BCUT2D eigenvalue weighted by atomic mass is 10.1. The highest BCUT2D eigenvalue weighted by Crippen LogP contribution is 2.36. The molecule has 1 fully saturated rings. The number of methoxy groups -OCH3 is 1. The van der Waals surface area contributed by atoms with Gasteiger partial charge in [-0.2, -0.15) is 11.8 Å². The topological polar surface area (TPSA) is 54.9 Å². The zero-order chi connectivity index (χ0) is 22.6. The van der Waals surface area contributed by atoms with Gasteiger partial charge in [0, 0.05) is 65.8 Å². The number of anilines is 1. The second kappa shape index (κ2) is 9.85. The average molecular weight is 462 g/mol. The molecule has 0 radical (unpaired) electrons. The van der Waals surface area contributed by atoms with Crippen LogP contribution in [0.1, 0.15) is 15.9 Å². The summed E-state index contributed by atoms with van der Waals surface area (Å²) in [4.78, 5) is 22.0. The largest absolute Gasteiger partial charge is 0.493 e. The highest BCUT2D eigenvalue weighted by atomic mass is 32.2. The number of carbonyl (C=O) groups excluding carboxylic acids is 1. The predicted octanol–water partition coefficient (Wildman–Crippen LogP) is 4.35. The van der Waals surface area contributed by atoms with Crippen LogP contribution in [0.15, 0.2) is 60.8 Å². The van der Waals surface area contributed by atoms with Gasteiger partial charge < -0.3 is 14.4 Å². The zero-order valence-corrected chi connectivity index (χ0v) is 19.5. The lowest BCUT2D eigenvalue weighted by molar-refractivity contribution is 0.0996. The Kier molecular flexibility index (Phi) is 6.51. The molecule has 0 saturated carbocycles. The minimum absolute atomic E-state index is 0.0247. The average Bonchev–Trinajstić information content (AvgIpc) is 3.21. The van der Waals surface area contributed by atoms with E-state index in [9.17, 15) is 4.79 Å². The van der Waals surface area contributed by atoms with Gasteiger partial charge in [0.15, 0.2) is 11.5 Å². The molecule has 7 heteroatoms. The fourth-order valence-corrected chi connectivity index (χ4v) is 5.20. The van der Waals surface area contributed by atoms with Crippen molar-refractivity contribution in [1.29, 1.82) is 0 Å². The van der Waals surface area contributed by atoms with E-state index in [-0.39, 0.29) is 5.91 Å². The first kappa shape index (κ1) is 21.8. The number of benzene rings is 2. The van der Waals surface area contributed by atoms with Crippen molar-refractivity contribution in [2.24, 2.45) is 0 Å². The molecule has 2 aromatic carbocycles. The van der Waals surface area contributed by atoms with Crippen molar-refractivity contribution in [2.75, 3.05) is 49.8 Å². The molecular formula is C26H27N3O3S. The molecule has 5 rings (SSSR count). The van der Waals surface area contributed by atoms with Crippen LogP contribution in [0.25, 0.3) is 11.3 Å². The number of rotatable bonds is 7. The number of aromatic nitrogens is 1. The molecule has 0 spiro atoms. The predicted molar refractivity (Wildman–Crippen MR) is 132 cm³/mol. The first-order chi connectivity index (χ1) is 16.2. The first-order valence-electron chi connectivity index (χ1n) is 11.2. The smallest absolute Gasteiger partial charge is 0.259 e. The van der Waals surface area contributed by atoms with Gasteiger partial charge in [-0.1, -0.05) is 30.3 Å². The van der Waals surface area contributed by atoms with Gasteiger partial charge in [0.25, 0.3) is 5.91 Å². The third-order valence-electron chi connectivity index (χ3n) is 6.09. The van der Waals surface area contributed by atoms with Crippen molar-refractivity contribution in [2.45, 2.75) is 6.54 Å². The lowest BCUT2D eigenvalue weighted by Gasteiger charge is -2.26. The number of fused-ring (bicyclic) bond motifs is 1. The number of carbonyl (C=O) groups is 1. The molecule has 6 nitrogen and oxygen atoms in total. The van der Waals surface area contributed by atoms with Gasteiger partial charge in [-0.15, -0.1) is 0 Å². The minimum atomic E-state index is -0.0247. The quantitative estimate of drug-likeness (QED) is 0.522. The van der Waals surface area contributed by atoms with Gasteiger partial charge in [-0.05, 0) is 18.2 Å². The molecule has 0 unspecified atom stereocenters. The number of amides is 1. The molecule has 33 heavy (non-hydrogen) atoms. The van der Waals surface area contributed by atoms with Crippen molar-refractivity contribution in [1.82, 2.24) is 9.88 Å². The minimum Gasteiger partial charge on any atom is -0.493 e. The van der Waals surface area contributed by atoms with Crippen molar-refractivity contribution in [3.8, 4) is 22.8 Å². The van der Waals surface area contributed by atoms with Gasteiger partial charge in [0.05, 0.1) is 19.3 Å². The molecule has 0 bridgehead atoms. The maximum atomic E-state index is 13.2. The van der Waals surface area contributed by atoms with Crippen LogP contribution in [-0.4, -0.2) is 60.6 Å². The summed E-state index contributed by atoms with van der Waals surface area (Å²) in [6, 6.07) is 17.5. The number of hydrogen-bond acceptors (Lipinski definition) is 6. The van der Waals surface area contributed by atoms with E-state index in [0.717, 1.165) is 42.1 Å². The van der Waals surface area contributed by atoms with Gasteiger partial charge in [-0.3, -0.25) is 14.7 Å². The molecule has 1 aromatic heterocycles. The monoisotopic (exact) mass is 461 g/mol. The molecule has 0 aliphatic carbocycles. The van der Waals surface area contributed by atoms with Crippen LogP contribution in [0.2, 0.25) is 0 Å². The van der Waals surface area contributed by atoms with Gasteiger partial charge in [0.2, 0.25) is 0 Å². The second-order valence-corrected chi connectivity index (χ2v) is 9.35. The maximum Gasteiger partial charge on any atom is 0.259 e. The third kappa shape index (κ3) is 4.70. The van der Waals surface area contributed by atoms with E-state index in [1.54, 1.807) is 12.0 Å². The summed E-state index contributed by atoms with van der Waals surface area (Å²) in [6.07, 6.45) is 1.81. The van der Waals surface area contributed by atoms with Gasteiger partial charge in [0.1, 0.15) is 6.61 Å². The van der Waals surface area contributed by atoms with E-state index >= 15 is 0 Å². The van der Waals surface area contributed by atoms with E-state index < -0.39 is 0 Å². The van der Waals surface area contributed by atoms with Crippen LogP contribution in [0.4, 0.5) is 5.69 Å². The number of pyridine rings is 1. The van der Waals surface area contributed by atoms with Gasteiger partial charge in [-0.25, -0.2) is 0 Å². The van der Waals surface area contributed by atoms with Crippen LogP contribution >= 0.6 is 11.8 Å². The van der Waals surface area contributed by atoms with Crippen molar-refractivity contribution in [3.05, 3.63) is 71.9 Å². The van der Waals surface area contributed by atoms with Crippen molar-refractivity contribution >= 4 is 23.4 Å². The summed E-state index contributed by atoms with van der Waals surface area (Å²) in [5.74, 6) is 3.68. The molecule has 2 aliphatic rings. The van der Waals surface area contributed by atoms with Crippen LogP contribution in [-0.2, 0) is 6.54 Å². The van der Waals surface area contributed by atoms with E-state index in [1.165, 1.54) is 11.5 Å². The number of hydrogen-bond donors (Lipinski definition) is 0. The van der Waals surface area contributed by atoms with Crippen LogP contribution in [0, 0.1) is 0 Å². The number of ether oxygens (including phenoxy) is 2. The lowest BCUT2D eigenvalue weighted by Crippen LogP contribution is -2.35. The molecular weight excluding hydrogens is 434 g/mol. The molecule has 1 saturated heterocycles. The summed E-state index contributed by atoms with van der Waals surface area (Å²) in [6.45, 7) is 4.24. The fraction of sp³-hybridized carbons (Fsp3) is 0.308. The van der Waals surface area contributed by atoms with E-state index in [4.69, 9.17) is 9.47 Å². The fourth-order valence-electron chi connectivity index (χ4n) is 4.22. The van der Waals surface area contributed by atoms with Gasteiger partial charge >= 0.3 is 0 Å². The number of thioether (sulfide) groups is 1. The van der Waals surface area contributed by atoms with E-state index in [2.05, 4.69) is 9.88 Å². The summed E-state index contributed by atoms with van der Waals surface area (Å²) >= 11 is 2.00. The molecule has 3 aromatic rings. The second-order valence-electron chi connectivity index (χ2n) is 8.12. The third-order valence-corrected chi connectivity index (χ3v) is 7.03. The van der Waals surface area contributed by atoms with E-state index in [1.807, 2.05) is 72.6 Å². The van der Waals surface area contributed by atoms with Crippen LogP contribution in [0.3, 0.4) is 0 Å². The summed E-state index contributed by atoms with van der Waals surface area (Å²) < 4.78 is 11.6. The van der Waals surface area contributed by atoms with Crippen LogP contribution in [0.5, 0.6) is 11.5 Å². The normalized spacial score (nSPS) is 16.0. The Morgan fingerprint density at radius 1 is 1.03 bits per heavy atom. The summed E-state index contributed by atoms with van der Waals surface area (Å²) in [5, 5.41) is 0. The SMILES string of the molecule is COc1cc(N2Cc3cnc(-c4ccccc4)cc3C2=O)ccc1OCCN1CCSCC1. The Morgan fingerprint density at radius 3 is 2.64 bits per heavy atom. The Morgan fingerprint density at radius 2 is 1.85 bits per heavy atom. The molecule has 2 aliphatic heterocycles. The maximum absolute atomic E-state index is 13.2. The van der Waals surface area contributed by atoms with Crippen LogP contribution < -0.4 is 14.4 Å². The van der Waals surface area contributed by atoms with Crippen molar-refractivity contribution in [3.63, 3.8) is 0 Å². The van der Waals surface area contributed by atoms with Crippen molar-refractivity contribution < 1.29 is 14.3 Å². The molecule has 1 amide bonds. The molecule has 3 heterocycles.